The van der Waals surface area contributed by atoms with Gasteiger partial charge in [-0.05, 0) is 31.5 Å². The molecule has 3 rings (SSSR count). The highest BCUT2D eigenvalue weighted by atomic mass is 32.1. The minimum atomic E-state index is 0.00907. The standard InChI is InChI=1S/C19H24N2O2S/c1-14-8-9-17(24-14)19(22)20-15(2)18(16-6-4-3-5-7-16)21-10-12-23-13-11-21/h3-9,15,18H,10-13H2,1-2H3,(H,20,22)/t15-,18-/m1/s1. The van der Waals surface area contributed by atoms with E-state index in [0.717, 1.165) is 36.1 Å². The number of morpholine rings is 1. The minimum absolute atomic E-state index is 0.00907. The zero-order valence-electron chi connectivity index (χ0n) is 14.2. The van der Waals surface area contributed by atoms with Gasteiger partial charge in [0.05, 0.1) is 24.1 Å². The number of hydrogen-bond donors (Lipinski definition) is 1. The topological polar surface area (TPSA) is 41.6 Å². The highest BCUT2D eigenvalue weighted by molar-refractivity contribution is 7.13. The Bertz CT molecular complexity index is 665. The number of carbonyl (C=O) groups is 1. The molecule has 1 amide bonds. The summed E-state index contributed by atoms with van der Waals surface area (Å²) in [5.41, 5.74) is 1.23. The molecule has 0 spiro atoms. The van der Waals surface area contributed by atoms with Crippen LogP contribution in [0.3, 0.4) is 0 Å². The van der Waals surface area contributed by atoms with Gasteiger partial charge in [0.25, 0.3) is 5.91 Å². The van der Waals surface area contributed by atoms with Crippen molar-refractivity contribution < 1.29 is 9.53 Å². The van der Waals surface area contributed by atoms with E-state index >= 15 is 0 Å². The molecule has 0 saturated carbocycles. The summed E-state index contributed by atoms with van der Waals surface area (Å²) in [6.45, 7) is 7.37. The first-order valence-electron chi connectivity index (χ1n) is 8.39. The van der Waals surface area contributed by atoms with Crippen molar-refractivity contribution in [2.75, 3.05) is 26.3 Å². The molecule has 0 bridgehead atoms. The molecule has 24 heavy (non-hydrogen) atoms. The fourth-order valence-corrected chi connectivity index (χ4v) is 4.01. The summed E-state index contributed by atoms with van der Waals surface area (Å²) in [6.07, 6.45) is 0. The number of amides is 1. The lowest BCUT2D eigenvalue weighted by molar-refractivity contribution is 0.00890. The Kier molecular flexibility index (Phi) is 5.66. The Labute approximate surface area is 147 Å². The van der Waals surface area contributed by atoms with Crippen LogP contribution in [0.1, 0.15) is 33.1 Å². The molecule has 1 aliphatic rings. The average Bonchev–Trinajstić information content (AvgIpc) is 3.04. The zero-order chi connectivity index (χ0) is 16.9. The van der Waals surface area contributed by atoms with Gasteiger partial charge in [0.2, 0.25) is 0 Å². The predicted octanol–water partition coefficient (Wildman–Crippen LogP) is 3.25. The summed E-state index contributed by atoms with van der Waals surface area (Å²) >= 11 is 1.54. The Morgan fingerprint density at radius 1 is 1.17 bits per heavy atom. The second-order valence-electron chi connectivity index (χ2n) is 6.18. The summed E-state index contributed by atoms with van der Waals surface area (Å²) in [5, 5.41) is 3.19. The third-order valence-corrected chi connectivity index (χ3v) is 5.38. The van der Waals surface area contributed by atoms with Gasteiger partial charge >= 0.3 is 0 Å². The van der Waals surface area contributed by atoms with Gasteiger partial charge in [0.1, 0.15) is 0 Å². The molecule has 2 aromatic rings. The molecule has 4 nitrogen and oxygen atoms in total. The van der Waals surface area contributed by atoms with Crippen LogP contribution in [0, 0.1) is 6.92 Å². The van der Waals surface area contributed by atoms with Crippen LogP contribution in [0.15, 0.2) is 42.5 Å². The van der Waals surface area contributed by atoms with Gasteiger partial charge in [-0.1, -0.05) is 30.3 Å². The molecule has 5 heteroatoms. The zero-order valence-corrected chi connectivity index (χ0v) is 15.0. The first-order chi connectivity index (χ1) is 11.6. The summed E-state index contributed by atoms with van der Waals surface area (Å²) in [5.74, 6) is 0.00907. The largest absolute Gasteiger partial charge is 0.379 e. The molecule has 1 aromatic heterocycles. The molecular formula is C19H24N2O2S. The molecule has 0 unspecified atom stereocenters. The number of aryl methyl sites for hydroxylation is 1. The lowest BCUT2D eigenvalue weighted by Gasteiger charge is -2.38. The Morgan fingerprint density at radius 2 is 1.88 bits per heavy atom. The van der Waals surface area contributed by atoms with Gasteiger partial charge in [-0.25, -0.2) is 0 Å². The van der Waals surface area contributed by atoms with E-state index in [0.29, 0.717) is 0 Å². The molecule has 1 fully saturated rings. The van der Waals surface area contributed by atoms with Crippen LogP contribution in [-0.4, -0.2) is 43.2 Å². The number of thiophene rings is 1. The van der Waals surface area contributed by atoms with Crippen LogP contribution in [0.25, 0.3) is 0 Å². The number of nitrogens with zero attached hydrogens (tertiary/aromatic N) is 1. The Balaban J connectivity index is 1.77. The van der Waals surface area contributed by atoms with Crippen molar-refractivity contribution in [1.82, 2.24) is 10.2 Å². The molecule has 1 N–H and O–H groups in total. The van der Waals surface area contributed by atoms with Gasteiger partial charge in [-0.2, -0.15) is 0 Å². The Hall–Kier alpha value is -1.69. The molecular weight excluding hydrogens is 320 g/mol. The molecule has 1 saturated heterocycles. The van der Waals surface area contributed by atoms with E-state index < -0.39 is 0 Å². The summed E-state index contributed by atoms with van der Waals surface area (Å²) in [7, 11) is 0. The monoisotopic (exact) mass is 344 g/mol. The molecule has 2 heterocycles. The van der Waals surface area contributed by atoms with E-state index in [1.54, 1.807) is 0 Å². The van der Waals surface area contributed by atoms with E-state index in [1.807, 2.05) is 25.1 Å². The van der Waals surface area contributed by atoms with E-state index in [4.69, 9.17) is 4.74 Å². The third kappa shape index (κ3) is 4.04. The van der Waals surface area contributed by atoms with Crippen LogP contribution >= 0.6 is 11.3 Å². The quantitative estimate of drug-likeness (QED) is 0.905. The van der Waals surface area contributed by atoms with Gasteiger partial charge in [-0.3, -0.25) is 9.69 Å². The van der Waals surface area contributed by atoms with Gasteiger partial charge in [0, 0.05) is 24.0 Å². The maximum Gasteiger partial charge on any atom is 0.261 e. The highest BCUT2D eigenvalue weighted by Gasteiger charge is 2.29. The van der Waals surface area contributed by atoms with Crippen molar-refractivity contribution >= 4 is 17.2 Å². The first kappa shape index (κ1) is 17.1. The predicted molar refractivity (Wildman–Crippen MR) is 97.6 cm³/mol. The van der Waals surface area contributed by atoms with E-state index in [1.165, 1.54) is 16.9 Å². The van der Waals surface area contributed by atoms with Crippen LogP contribution < -0.4 is 5.32 Å². The van der Waals surface area contributed by atoms with Gasteiger partial charge < -0.3 is 10.1 Å². The number of benzene rings is 1. The summed E-state index contributed by atoms with van der Waals surface area (Å²) in [6, 6.07) is 14.5. The minimum Gasteiger partial charge on any atom is -0.379 e. The van der Waals surface area contributed by atoms with Crippen molar-refractivity contribution in [3.8, 4) is 0 Å². The van der Waals surface area contributed by atoms with E-state index in [2.05, 4.69) is 41.4 Å². The Morgan fingerprint density at radius 3 is 2.50 bits per heavy atom. The maximum atomic E-state index is 12.5. The SMILES string of the molecule is Cc1ccc(C(=O)N[C@H](C)[C@H](c2ccccc2)N2CCOCC2)s1. The third-order valence-electron chi connectivity index (χ3n) is 4.38. The number of carbonyl (C=O) groups excluding carboxylic acids is 1. The molecule has 1 aromatic carbocycles. The highest BCUT2D eigenvalue weighted by Crippen LogP contribution is 2.26. The van der Waals surface area contributed by atoms with Crippen molar-refractivity contribution in [2.24, 2.45) is 0 Å². The molecule has 128 valence electrons. The van der Waals surface area contributed by atoms with Crippen molar-refractivity contribution in [1.29, 1.82) is 0 Å². The van der Waals surface area contributed by atoms with Crippen LogP contribution in [0.4, 0.5) is 0 Å². The van der Waals surface area contributed by atoms with E-state index in [9.17, 15) is 4.79 Å². The number of hydrogen-bond acceptors (Lipinski definition) is 4. The van der Waals surface area contributed by atoms with Crippen LogP contribution in [-0.2, 0) is 4.74 Å². The maximum absolute atomic E-state index is 12.5. The molecule has 2 atom stereocenters. The normalized spacial score (nSPS) is 18.1. The summed E-state index contributed by atoms with van der Waals surface area (Å²) < 4.78 is 5.49. The smallest absolute Gasteiger partial charge is 0.261 e. The first-order valence-corrected chi connectivity index (χ1v) is 9.21. The summed E-state index contributed by atoms with van der Waals surface area (Å²) in [4.78, 5) is 16.9. The fourth-order valence-electron chi connectivity index (χ4n) is 3.23. The molecule has 1 aliphatic heterocycles. The van der Waals surface area contributed by atoms with E-state index in [-0.39, 0.29) is 18.0 Å². The lowest BCUT2D eigenvalue weighted by atomic mass is 9.98. The number of nitrogens with one attached hydrogen (secondary N) is 1. The van der Waals surface area contributed by atoms with Crippen molar-refractivity contribution in [2.45, 2.75) is 25.9 Å². The fraction of sp³-hybridized carbons (Fsp3) is 0.421. The average molecular weight is 344 g/mol. The van der Waals surface area contributed by atoms with Crippen molar-refractivity contribution in [3.05, 3.63) is 57.8 Å². The van der Waals surface area contributed by atoms with Crippen LogP contribution in [0.5, 0.6) is 0 Å². The van der Waals surface area contributed by atoms with Gasteiger partial charge in [-0.15, -0.1) is 11.3 Å². The van der Waals surface area contributed by atoms with Crippen molar-refractivity contribution in [3.63, 3.8) is 0 Å². The lowest BCUT2D eigenvalue weighted by Crippen LogP contribution is -2.48. The molecule has 0 radical (unpaired) electrons. The van der Waals surface area contributed by atoms with Gasteiger partial charge in [0.15, 0.2) is 0 Å². The second kappa shape index (κ2) is 7.92. The number of ether oxygens (including phenoxy) is 1. The molecule has 0 aliphatic carbocycles. The number of rotatable bonds is 5. The van der Waals surface area contributed by atoms with Crippen LogP contribution in [0.2, 0.25) is 0 Å². The second-order valence-corrected chi connectivity index (χ2v) is 7.46.